The van der Waals surface area contributed by atoms with Crippen LogP contribution in [0.4, 0.5) is 5.82 Å². The van der Waals surface area contributed by atoms with E-state index >= 15 is 0 Å². The van der Waals surface area contributed by atoms with E-state index in [4.69, 9.17) is 10.5 Å². The van der Waals surface area contributed by atoms with Gasteiger partial charge in [-0.1, -0.05) is 11.8 Å². The van der Waals surface area contributed by atoms with Gasteiger partial charge < -0.3 is 10.5 Å². The molecule has 1 aromatic rings. The summed E-state index contributed by atoms with van der Waals surface area (Å²) in [4.78, 5) is 7.94. The number of nitrogens with zero attached hydrogens (tertiary/aromatic N) is 2. The van der Waals surface area contributed by atoms with E-state index in [-0.39, 0.29) is 0 Å². The van der Waals surface area contributed by atoms with Crippen LogP contribution in [0, 0.1) is 0 Å². The SMILES string of the molecule is COc1cnc(SC)nc1N. The molecule has 2 N–H and O–H groups in total. The third kappa shape index (κ3) is 1.74. The number of anilines is 1. The Morgan fingerprint density at radius 1 is 1.64 bits per heavy atom. The minimum atomic E-state index is 0.381. The standard InChI is InChI=1S/C6H9N3OS/c1-10-4-3-8-6(11-2)9-5(4)7/h3H,1-2H3,(H2,7,8,9). The fourth-order valence-corrected chi connectivity index (χ4v) is 0.970. The summed E-state index contributed by atoms with van der Waals surface area (Å²) in [5.74, 6) is 0.898. The normalized spacial score (nSPS) is 9.64. The molecule has 0 amide bonds. The topological polar surface area (TPSA) is 61.0 Å². The van der Waals surface area contributed by atoms with Gasteiger partial charge in [-0.05, 0) is 6.26 Å². The van der Waals surface area contributed by atoms with Crippen molar-refractivity contribution in [3.63, 3.8) is 0 Å². The Morgan fingerprint density at radius 2 is 2.36 bits per heavy atom. The lowest BCUT2D eigenvalue weighted by Crippen LogP contribution is -1.98. The van der Waals surface area contributed by atoms with Crippen molar-refractivity contribution in [3.05, 3.63) is 6.20 Å². The van der Waals surface area contributed by atoms with E-state index in [2.05, 4.69) is 9.97 Å². The Hall–Kier alpha value is -0.970. The van der Waals surface area contributed by atoms with Crippen LogP contribution in [0.1, 0.15) is 0 Å². The Kier molecular flexibility index (Phi) is 2.53. The minimum absolute atomic E-state index is 0.381. The van der Waals surface area contributed by atoms with Gasteiger partial charge in [-0.2, -0.15) is 0 Å². The Bertz CT molecular complexity index is 254. The number of hydrogen-bond acceptors (Lipinski definition) is 5. The summed E-state index contributed by atoms with van der Waals surface area (Å²) < 4.78 is 4.89. The van der Waals surface area contributed by atoms with Crippen molar-refractivity contribution in [2.45, 2.75) is 5.16 Å². The zero-order valence-corrected chi connectivity index (χ0v) is 7.18. The molecule has 1 rings (SSSR count). The molecule has 0 aromatic carbocycles. The highest BCUT2D eigenvalue weighted by Crippen LogP contribution is 2.19. The van der Waals surface area contributed by atoms with Crippen LogP contribution < -0.4 is 10.5 Å². The molecule has 0 saturated heterocycles. The van der Waals surface area contributed by atoms with E-state index < -0.39 is 0 Å². The molecule has 0 radical (unpaired) electrons. The highest BCUT2D eigenvalue weighted by atomic mass is 32.2. The van der Waals surface area contributed by atoms with Crippen LogP contribution in [0.15, 0.2) is 11.4 Å². The Labute approximate surface area is 69.2 Å². The van der Waals surface area contributed by atoms with E-state index in [1.165, 1.54) is 18.9 Å². The van der Waals surface area contributed by atoms with Crippen LogP contribution in [0.25, 0.3) is 0 Å². The van der Waals surface area contributed by atoms with Crippen LogP contribution in [0.3, 0.4) is 0 Å². The number of aromatic nitrogens is 2. The molecule has 0 aliphatic rings. The predicted molar refractivity (Wildman–Crippen MR) is 44.8 cm³/mol. The van der Waals surface area contributed by atoms with Crippen molar-refractivity contribution in [1.82, 2.24) is 9.97 Å². The summed E-state index contributed by atoms with van der Waals surface area (Å²) >= 11 is 1.44. The predicted octanol–water partition coefficient (Wildman–Crippen LogP) is 0.789. The molecule has 5 heteroatoms. The van der Waals surface area contributed by atoms with Gasteiger partial charge in [0.2, 0.25) is 0 Å². The van der Waals surface area contributed by atoms with Gasteiger partial charge in [-0.3, -0.25) is 0 Å². The molecule has 0 atom stereocenters. The van der Waals surface area contributed by atoms with E-state index in [0.29, 0.717) is 16.7 Å². The minimum Gasteiger partial charge on any atom is -0.491 e. The molecule has 0 bridgehead atoms. The summed E-state index contributed by atoms with van der Waals surface area (Å²) in [6, 6.07) is 0. The third-order valence-electron chi connectivity index (χ3n) is 1.16. The van der Waals surface area contributed by atoms with E-state index in [1.54, 1.807) is 6.20 Å². The molecule has 0 aliphatic carbocycles. The molecule has 0 saturated carbocycles. The summed E-state index contributed by atoms with van der Waals surface area (Å²) in [6.45, 7) is 0. The molecule has 0 fully saturated rings. The second-order valence-electron chi connectivity index (χ2n) is 1.81. The van der Waals surface area contributed by atoms with Gasteiger partial charge in [0.1, 0.15) is 0 Å². The lowest BCUT2D eigenvalue weighted by molar-refractivity contribution is 0.412. The molecule has 4 nitrogen and oxygen atoms in total. The van der Waals surface area contributed by atoms with Crippen molar-refractivity contribution < 1.29 is 4.74 Å². The number of nitrogen functional groups attached to an aromatic ring is 1. The fraction of sp³-hybridized carbons (Fsp3) is 0.333. The second kappa shape index (κ2) is 3.43. The van der Waals surface area contributed by atoms with Gasteiger partial charge in [0.05, 0.1) is 13.3 Å². The van der Waals surface area contributed by atoms with Crippen LogP contribution >= 0.6 is 11.8 Å². The third-order valence-corrected chi connectivity index (χ3v) is 1.73. The van der Waals surface area contributed by atoms with Crippen molar-refractivity contribution in [2.24, 2.45) is 0 Å². The van der Waals surface area contributed by atoms with Gasteiger partial charge in [0, 0.05) is 0 Å². The fourth-order valence-electron chi connectivity index (χ4n) is 0.623. The van der Waals surface area contributed by atoms with Crippen LogP contribution in [-0.4, -0.2) is 23.3 Å². The van der Waals surface area contributed by atoms with Gasteiger partial charge in [0.25, 0.3) is 0 Å². The summed E-state index contributed by atoms with van der Waals surface area (Å²) in [5.41, 5.74) is 5.52. The molecular formula is C6H9N3OS. The first kappa shape index (κ1) is 8.13. The number of hydrogen-bond donors (Lipinski definition) is 1. The monoisotopic (exact) mass is 171 g/mol. The molecule has 0 aliphatic heterocycles. The van der Waals surface area contributed by atoms with Gasteiger partial charge in [-0.15, -0.1) is 0 Å². The van der Waals surface area contributed by atoms with Crippen LogP contribution in [-0.2, 0) is 0 Å². The van der Waals surface area contributed by atoms with Gasteiger partial charge in [0.15, 0.2) is 16.7 Å². The second-order valence-corrected chi connectivity index (χ2v) is 2.58. The average molecular weight is 171 g/mol. The largest absolute Gasteiger partial charge is 0.491 e. The average Bonchev–Trinajstić information content (AvgIpc) is 2.04. The Balaban J connectivity index is 2.99. The molecule has 0 spiro atoms. The zero-order valence-electron chi connectivity index (χ0n) is 6.37. The maximum Gasteiger partial charge on any atom is 0.189 e. The number of methoxy groups -OCH3 is 1. The smallest absolute Gasteiger partial charge is 0.189 e. The lowest BCUT2D eigenvalue weighted by Gasteiger charge is -2.02. The maximum absolute atomic E-state index is 5.52. The number of rotatable bonds is 2. The molecule has 0 unspecified atom stereocenters. The quantitative estimate of drug-likeness (QED) is 0.526. The van der Waals surface area contributed by atoms with Crippen molar-refractivity contribution in [1.29, 1.82) is 0 Å². The summed E-state index contributed by atoms with van der Waals surface area (Å²) in [5, 5.41) is 0.656. The van der Waals surface area contributed by atoms with Crippen molar-refractivity contribution >= 4 is 17.6 Å². The van der Waals surface area contributed by atoms with Crippen LogP contribution in [0.2, 0.25) is 0 Å². The summed E-state index contributed by atoms with van der Waals surface area (Å²) in [6.07, 6.45) is 3.45. The molecule has 11 heavy (non-hydrogen) atoms. The molecular weight excluding hydrogens is 162 g/mol. The number of thioether (sulfide) groups is 1. The highest BCUT2D eigenvalue weighted by Gasteiger charge is 2.01. The first-order chi connectivity index (χ1) is 5.27. The van der Waals surface area contributed by atoms with Crippen LogP contribution in [0.5, 0.6) is 5.75 Å². The van der Waals surface area contributed by atoms with E-state index in [1.807, 2.05) is 6.26 Å². The van der Waals surface area contributed by atoms with Crippen molar-refractivity contribution in [3.8, 4) is 5.75 Å². The molecule has 60 valence electrons. The number of ether oxygens (including phenoxy) is 1. The summed E-state index contributed by atoms with van der Waals surface area (Å²) in [7, 11) is 1.54. The zero-order chi connectivity index (χ0) is 8.27. The van der Waals surface area contributed by atoms with E-state index in [0.717, 1.165) is 0 Å². The van der Waals surface area contributed by atoms with Gasteiger partial charge >= 0.3 is 0 Å². The number of nitrogens with two attached hydrogens (primary N) is 1. The highest BCUT2D eigenvalue weighted by molar-refractivity contribution is 7.98. The first-order valence-electron chi connectivity index (χ1n) is 2.98. The molecule has 1 aromatic heterocycles. The first-order valence-corrected chi connectivity index (χ1v) is 4.21. The Morgan fingerprint density at radius 3 is 2.82 bits per heavy atom. The maximum atomic E-state index is 5.52. The molecule has 1 heterocycles. The van der Waals surface area contributed by atoms with Crippen molar-refractivity contribution in [2.75, 3.05) is 19.1 Å². The lowest BCUT2D eigenvalue weighted by atomic mass is 10.5. The van der Waals surface area contributed by atoms with E-state index in [9.17, 15) is 0 Å². The van der Waals surface area contributed by atoms with Gasteiger partial charge in [-0.25, -0.2) is 9.97 Å².